The minimum Gasteiger partial charge on any atom is -0.354 e. The molecule has 1 atom stereocenters. The van der Waals surface area contributed by atoms with Crippen molar-refractivity contribution in [2.75, 3.05) is 23.7 Å². The molecular formula is C28H32ClN3O4S. The predicted octanol–water partition coefficient (Wildman–Crippen LogP) is 4.27. The van der Waals surface area contributed by atoms with Crippen molar-refractivity contribution in [2.24, 2.45) is 0 Å². The summed E-state index contributed by atoms with van der Waals surface area (Å²) in [7, 11) is -3.83. The van der Waals surface area contributed by atoms with E-state index < -0.39 is 28.5 Å². The van der Waals surface area contributed by atoms with Crippen molar-refractivity contribution in [3.63, 3.8) is 0 Å². The van der Waals surface area contributed by atoms with E-state index in [9.17, 15) is 18.0 Å². The van der Waals surface area contributed by atoms with E-state index in [0.29, 0.717) is 11.6 Å². The van der Waals surface area contributed by atoms with E-state index >= 15 is 0 Å². The molecule has 0 bridgehead atoms. The first-order valence-electron chi connectivity index (χ1n) is 12.1. The van der Waals surface area contributed by atoms with Crippen LogP contribution >= 0.6 is 11.6 Å². The standard InChI is InChI=1S/C28H32ClN3O4S/c1-3-17-30-28(34)26(18-22-11-6-4-7-12-22)31(20-23-13-8-5-9-14-23)27(33)21-32(37(2,35)36)25-16-10-15-24(29)19-25/h4-16,19,26H,3,17-18,20-21H2,1-2H3,(H,30,34)/t26-/m1/s1. The van der Waals surface area contributed by atoms with E-state index in [1.807, 2.05) is 67.6 Å². The maximum absolute atomic E-state index is 13.9. The van der Waals surface area contributed by atoms with Crippen LogP contribution in [0.4, 0.5) is 5.69 Å². The van der Waals surface area contributed by atoms with Crippen LogP contribution in [0.25, 0.3) is 0 Å². The highest BCUT2D eigenvalue weighted by Crippen LogP contribution is 2.23. The average molecular weight is 542 g/mol. The summed E-state index contributed by atoms with van der Waals surface area (Å²) in [6.45, 7) is 2.09. The van der Waals surface area contributed by atoms with Gasteiger partial charge < -0.3 is 10.2 Å². The van der Waals surface area contributed by atoms with E-state index in [-0.39, 0.29) is 24.6 Å². The highest BCUT2D eigenvalue weighted by molar-refractivity contribution is 7.92. The molecule has 196 valence electrons. The fraction of sp³-hybridized carbons (Fsp3) is 0.286. The first kappa shape index (κ1) is 28.2. The average Bonchev–Trinajstić information content (AvgIpc) is 2.88. The minimum atomic E-state index is -3.83. The Morgan fingerprint density at radius 1 is 0.919 bits per heavy atom. The number of rotatable bonds is 12. The number of nitrogens with zero attached hydrogens (tertiary/aromatic N) is 2. The maximum atomic E-state index is 13.9. The highest BCUT2D eigenvalue weighted by Gasteiger charge is 2.32. The third-order valence-corrected chi connectivity index (χ3v) is 7.17. The van der Waals surface area contributed by atoms with Gasteiger partial charge in [-0.1, -0.05) is 85.3 Å². The molecule has 3 aromatic rings. The van der Waals surface area contributed by atoms with Gasteiger partial charge in [-0.05, 0) is 35.7 Å². The summed E-state index contributed by atoms with van der Waals surface area (Å²) in [6.07, 6.45) is 2.07. The number of carbonyl (C=O) groups is 2. The molecule has 0 radical (unpaired) electrons. The molecule has 0 aliphatic heterocycles. The zero-order valence-corrected chi connectivity index (χ0v) is 22.6. The van der Waals surface area contributed by atoms with Crippen LogP contribution in [0.1, 0.15) is 24.5 Å². The van der Waals surface area contributed by atoms with Gasteiger partial charge in [-0.2, -0.15) is 0 Å². The largest absolute Gasteiger partial charge is 0.354 e. The van der Waals surface area contributed by atoms with E-state index in [2.05, 4.69) is 5.32 Å². The number of hydrogen-bond acceptors (Lipinski definition) is 4. The summed E-state index contributed by atoms with van der Waals surface area (Å²) in [5.74, 6) is -0.787. The Morgan fingerprint density at radius 3 is 2.11 bits per heavy atom. The number of halogens is 1. The van der Waals surface area contributed by atoms with Crippen molar-refractivity contribution in [1.29, 1.82) is 0 Å². The lowest BCUT2D eigenvalue weighted by atomic mass is 10.0. The molecule has 9 heteroatoms. The van der Waals surface area contributed by atoms with Gasteiger partial charge in [0.2, 0.25) is 21.8 Å². The molecule has 0 heterocycles. The first-order valence-corrected chi connectivity index (χ1v) is 14.3. The summed E-state index contributed by atoms with van der Waals surface area (Å²) in [5, 5.41) is 3.26. The van der Waals surface area contributed by atoms with E-state index in [4.69, 9.17) is 11.6 Å². The summed E-state index contributed by atoms with van der Waals surface area (Å²) in [6, 6.07) is 24.3. The molecule has 2 amide bonds. The van der Waals surface area contributed by atoms with Gasteiger partial charge in [0.1, 0.15) is 12.6 Å². The molecular weight excluding hydrogens is 510 g/mol. The van der Waals surface area contributed by atoms with Crippen LogP contribution in [0.2, 0.25) is 5.02 Å². The normalized spacial score (nSPS) is 12.0. The van der Waals surface area contributed by atoms with Crippen LogP contribution in [-0.2, 0) is 32.6 Å². The maximum Gasteiger partial charge on any atom is 0.244 e. The molecule has 0 fully saturated rings. The summed E-state index contributed by atoms with van der Waals surface area (Å²) in [4.78, 5) is 28.7. The molecule has 7 nitrogen and oxygen atoms in total. The Bertz CT molecular complexity index is 1290. The second-order valence-corrected chi connectivity index (χ2v) is 11.1. The number of sulfonamides is 1. The van der Waals surface area contributed by atoms with Crippen molar-refractivity contribution in [3.05, 3.63) is 101 Å². The van der Waals surface area contributed by atoms with Crippen LogP contribution in [0.5, 0.6) is 0 Å². The first-order chi connectivity index (χ1) is 17.7. The number of benzene rings is 3. The Kier molecular flexibility index (Phi) is 10.1. The second kappa shape index (κ2) is 13.3. The molecule has 37 heavy (non-hydrogen) atoms. The molecule has 0 unspecified atom stereocenters. The Morgan fingerprint density at radius 2 is 1.54 bits per heavy atom. The topological polar surface area (TPSA) is 86.8 Å². The summed E-state index contributed by atoms with van der Waals surface area (Å²) < 4.78 is 26.5. The Labute approximate surface area is 224 Å². The van der Waals surface area contributed by atoms with Crippen LogP contribution in [0.15, 0.2) is 84.9 Å². The van der Waals surface area contributed by atoms with E-state index in [0.717, 1.165) is 28.1 Å². The second-order valence-electron chi connectivity index (χ2n) is 8.75. The van der Waals surface area contributed by atoms with Gasteiger partial charge >= 0.3 is 0 Å². The van der Waals surface area contributed by atoms with Gasteiger partial charge in [0, 0.05) is 24.5 Å². The highest BCUT2D eigenvalue weighted by atomic mass is 35.5. The zero-order chi connectivity index (χ0) is 26.8. The number of anilines is 1. The van der Waals surface area contributed by atoms with E-state index in [1.165, 1.54) is 11.0 Å². The quantitative estimate of drug-likeness (QED) is 0.371. The van der Waals surface area contributed by atoms with Crippen LogP contribution in [0, 0.1) is 0 Å². The van der Waals surface area contributed by atoms with Crippen LogP contribution in [0.3, 0.4) is 0 Å². The third kappa shape index (κ3) is 8.33. The Balaban J connectivity index is 2.02. The molecule has 0 aliphatic rings. The fourth-order valence-corrected chi connectivity index (χ4v) is 4.97. The lowest BCUT2D eigenvalue weighted by Gasteiger charge is -2.33. The van der Waals surface area contributed by atoms with Crippen LogP contribution in [-0.4, -0.2) is 50.5 Å². The van der Waals surface area contributed by atoms with Crippen LogP contribution < -0.4 is 9.62 Å². The van der Waals surface area contributed by atoms with Gasteiger partial charge in [0.15, 0.2) is 0 Å². The SMILES string of the molecule is CCCNC(=O)[C@@H](Cc1ccccc1)N(Cc1ccccc1)C(=O)CN(c1cccc(Cl)c1)S(C)(=O)=O. The molecule has 1 N–H and O–H groups in total. The smallest absolute Gasteiger partial charge is 0.244 e. The molecule has 0 spiro atoms. The van der Waals surface area contributed by atoms with Crippen molar-refractivity contribution in [1.82, 2.24) is 10.2 Å². The monoisotopic (exact) mass is 541 g/mol. The van der Waals surface area contributed by atoms with Crippen molar-refractivity contribution < 1.29 is 18.0 Å². The third-order valence-electron chi connectivity index (χ3n) is 5.79. The number of hydrogen-bond donors (Lipinski definition) is 1. The fourth-order valence-electron chi connectivity index (χ4n) is 3.95. The molecule has 3 rings (SSSR count). The van der Waals surface area contributed by atoms with Crippen molar-refractivity contribution >= 4 is 39.1 Å². The molecule has 3 aromatic carbocycles. The molecule has 0 saturated carbocycles. The Hall–Kier alpha value is -3.36. The van der Waals surface area contributed by atoms with Gasteiger partial charge in [-0.3, -0.25) is 13.9 Å². The van der Waals surface area contributed by atoms with Gasteiger partial charge in [-0.25, -0.2) is 8.42 Å². The minimum absolute atomic E-state index is 0.143. The van der Waals surface area contributed by atoms with Crippen molar-refractivity contribution in [2.45, 2.75) is 32.4 Å². The van der Waals surface area contributed by atoms with Gasteiger partial charge in [0.05, 0.1) is 11.9 Å². The number of nitrogens with one attached hydrogen (secondary N) is 1. The number of carbonyl (C=O) groups excluding carboxylic acids is 2. The summed E-state index contributed by atoms with van der Waals surface area (Å²) >= 11 is 6.11. The summed E-state index contributed by atoms with van der Waals surface area (Å²) in [5.41, 5.74) is 1.99. The zero-order valence-electron chi connectivity index (χ0n) is 21.0. The van der Waals surface area contributed by atoms with Gasteiger partial charge in [-0.15, -0.1) is 0 Å². The predicted molar refractivity (Wildman–Crippen MR) is 148 cm³/mol. The molecule has 0 aliphatic carbocycles. The lowest BCUT2D eigenvalue weighted by molar-refractivity contribution is -0.140. The van der Waals surface area contributed by atoms with E-state index in [1.54, 1.807) is 18.2 Å². The molecule has 0 aromatic heterocycles. The molecule has 0 saturated heterocycles. The van der Waals surface area contributed by atoms with Gasteiger partial charge in [0.25, 0.3) is 0 Å². The van der Waals surface area contributed by atoms with Crippen molar-refractivity contribution in [3.8, 4) is 0 Å². The number of amides is 2. The lowest BCUT2D eigenvalue weighted by Crippen LogP contribution is -2.53.